The minimum Gasteiger partial charge on any atom is -0.303 e. The van der Waals surface area contributed by atoms with Gasteiger partial charge in [-0.3, -0.25) is 0 Å². The molecule has 2 unspecified atom stereocenters. The Kier molecular flexibility index (Phi) is 5.34. The fourth-order valence-electron chi connectivity index (χ4n) is 2.18. The highest BCUT2D eigenvalue weighted by molar-refractivity contribution is 9.09. The summed E-state index contributed by atoms with van der Waals surface area (Å²) in [6.45, 7) is 8.61. The molecule has 0 amide bonds. The van der Waals surface area contributed by atoms with Crippen molar-refractivity contribution in [2.24, 2.45) is 11.8 Å². The summed E-state index contributed by atoms with van der Waals surface area (Å²) in [4.78, 5) is 2.63. The summed E-state index contributed by atoms with van der Waals surface area (Å²) >= 11 is 3.61. The Morgan fingerprint density at radius 3 is 2.77 bits per heavy atom. The van der Waals surface area contributed by atoms with Crippen molar-refractivity contribution in [3.8, 4) is 0 Å². The third kappa shape index (κ3) is 3.99. The van der Waals surface area contributed by atoms with E-state index < -0.39 is 0 Å². The molecule has 0 aliphatic carbocycles. The molecule has 2 heteroatoms. The van der Waals surface area contributed by atoms with Gasteiger partial charge in [0, 0.05) is 18.4 Å². The quantitative estimate of drug-likeness (QED) is 0.675. The second-order valence-corrected chi connectivity index (χ2v) is 5.11. The van der Waals surface area contributed by atoms with Crippen LogP contribution in [0.15, 0.2) is 0 Å². The van der Waals surface area contributed by atoms with Crippen LogP contribution < -0.4 is 0 Å². The molecule has 1 aliphatic rings. The molecule has 0 aromatic heterocycles. The predicted molar refractivity (Wildman–Crippen MR) is 62.4 cm³/mol. The maximum atomic E-state index is 3.61. The van der Waals surface area contributed by atoms with Gasteiger partial charge >= 0.3 is 0 Å². The molecule has 0 saturated carbocycles. The molecule has 0 aromatic rings. The van der Waals surface area contributed by atoms with E-state index in [0.717, 1.165) is 11.8 Å². The molecule has 1 rings (SSSR count). The van der Waals surface area contributed by atoms with Crippen LogP contribution in [0.25, 0.3) is 0 Å². The van der Waals surface area contributed by atoms with Crippen molar-refractivity contribution in [3.05, 3.63) is 0 Å². The van der Waals surface area contributed by atoms with Gasteiger partial charge in [0.25, 0.3) is 0 Å². The molecule has 0 aromatic carbocycles. The molecule has 78 valence electrons. The van der Waals surface area contributed by atoms with Crippen molar-refractivity contribution >= 4 is 15.9 Å². The van der Waals surface area contributed by atoms with Crippen molar-refractivity contribution in [2.75, 3.05) is 25.0 Å². The summed E-state index contributed by atoms with van der Waals surface area (Å²) in [6, 6.07) is 0. The molecule has 0 spiro atoms. The van der Waals surface area contributed by atoms with Gasteiger partial charge in [-0.15, -0.1) is 0 Å². The van der Waals surface area contributed by atoms with Crippen molar-refractivity contribution < 1.29 is 0 Å². The van der Waals surface area contributed by atoms with Crippen LogP contribution in [0.3, 0.4) is 0 Å². The van der Waals surface area contributed by atoms with Crippen LogP contribution in [-0.2, 0) is 0 Å². The van der Waals surface area contributed by atoms with E-state index in [1.165, 1.54) is 44.2 Å². The fourth-order valence-corrected chi connectivity index (χ4v) is 2.71. The van der Waals surface area contributed by atoms with Gasteiger partial charge < -0.3 is 4.90 Å². The first-order valence-electron chi connectivity index (χ1n) is 5.54. The number of alkyl halides is 1. The Hall–Kier alpha value is 0.440. The van der Waals surface area contributed by atoms with E-state index in [4.69, 9.17) is 0 Å². The van der Waals surface area contributed by atoms with Crippen molar-refractivity contribution in [2.45, 2.75) is 33.1 Å². The van der Waals surface area contributed by atoms with Gasteiger partial charge in [-0.2, -0.15) is 0 Å². The number of rotatable bonds is 5. The standard InChI is InChI=1S/C11H22BrN/c1-3-4-11(7-12)9-13-6-5-10(2)8-13/h10-11H,3-9H2,1-2H3. The molecule has 0 bridgehead atoms. The van der Waals surface area contributed by atoms with Crippen molar-refractivity contribution in [3.63, 3.8) is 0 Å². The smallest absolute Gasteiger partial charge is 0.00718 e. The molecule has 0 radical (unpaired) electrons. The van der Waals surface area contributed by atoms with Crippen molar-refractivity contribution in [1.29, 1.82) is 0 Å². The molecule has 1 heterocycles. The Labute approximate surface area is 91.0 Å². The number of nitrogens with zero attached hydrogens (tertiary/aromatic N) is 1. The van der Waals surface area contributed by atoms with E-state index in [1.54, 1.807) is 0 Å². The van der Waals surface area contributed by atoms with Crippen LogP contribution in [0.1, 0.15) is 33.1 Å². The molecule has 0 N–H and O–H groups in total. The van der Waals surface area contributed by atoms with E-state index in [0.29, 0.717) is 0 Å². The molecule has 1 aliphatic heterocycles. The second kappa shape index (κ2) is 6.02. The summed E-state index contributed by atoms with van der Waals surface area (Å²) in [6.07, 6.45) is 4.09. The van der Waals surface area contributed by atoms with E-state index in [9.17, 15) is 0 Å². The highest BCUT2D eigenvalue weighted by atomic mass is 79.9. The average molecular weight is 248 g/mol. The Morgan fingerprint density at radius 2 is 2.31 bits per heavy atom. The highest BCUT2D eigenvalue weighted by Gasteiger charge is 2.20. The van der Waals surface area contributed by atoms with Gasteiger partial charge in [0.1, 0.15) is 0 Å². The largest absolute Gasteiger partial charge is 0.303 e. The fraction of sp³-hybridized carbons (Fsp3) is 1.00. The summed E-state index contributed by atoms with van der Waals surface area (Å²) < 4.78 is 0. The van der Waals surface area contributed by atoms with Crippen molar-refractivity contribution in [1.82, 2.24) is 4.90 Å². The van der Waals surface area contributed by atoms with Gasteiger partial charge in [0.15, 0.2) is 0 Å². The number of likely N-dealkylation sites (tertiary alicyclic amines) is 1. The lowest BCUT2D eigenvalue weighted by atomic mass is 10.1. The molecule has 2 atom stereocenters. The number of hydrogen-bond donors (Lipinski definition) is 0. The first-order chi connectivity index (χ1) is 6.26. The molecule has 1 fully saturated rings. The summed E-state index contributed by atoms with van der Waals surface area (Å²) in [5.74, 6) is 1.80. The van der Waals surface area contributed by atoms with Crippen LogP contribution in [0, 0.1) is 11.8 Å². The SMILES string of the molecule is CCCC(CBr)CN1CCC(C)C1. The lowest BCUT2D eigenvalue weighted by Crippen LogP contribution is -2.28. The second-order valence-electron chi connectivity index (χ2n) is 4.46. The van der Waals surface area contributed by atoms with Crippen LogP contribution in [0.4, 0.5) is 0 Å². The maximum absolute atomic E-state index is 3.61. The first-order valence-corrected chi connectivity index (χ1v) is 6.66. The molecule has 1 saturated heterocycles. The number of hydrogen-bond acceptors (Lipinski definition) is 1. The Morgan fingerprint density at radius 1 is 1.54 bits per heavy atom. The van der Waals surface area contributed by atoms with Crippen LogP contribution in [0.5, 0.6) is 0 Å². The summed E-state index contributed by atoms with van der Waals surface area (Å²) in [7, 11) is 0. The van der Waals surface area contributed by atoms with Gasteiger partial charge in [0.2, 0.25) is 0 Å². The van der Waals surface area contributed by atoms with E-state index >= 15 is 0 Å². The zero-order valence-electron chi connectivity index (χ0n) is 8.93. The van der Waals surface area contributed by atoms with E-state index in [1.807, 2.05) is 0 Å². The zero-order valence-corrected chi connectivity index (χ0v) is 10.5. The summed E-state index contributed by atoms with van der Waals surface area (Å²) in [5, 5.41) is 1.17. The van der Waals surface area contributed by atoms with Crippen LogP contribution in [0.2, 0.25) is 0 Å². The molecular formula is C11H22BrN. The van der Waals surface area contributed by atoms with E-state index in [-0.39, 0.29) is 0 Å². The Balaban J connectivity index is 2.21. The lowest BCUT2D eigenvalue weighted by Gasteiger charge is -2.21. The number of halogens is 1. The van der Waals surface area contributed by atoms with E-state index in [2.05, 4.69) is 34.7 Å². The predicted octanol–water partition coefficient (Wildman–Crippen LogP) is 3.14. The van der Waals surface area contributed by atoms with Gasteiger partial charge in [-0.05, 0) is 31.2 Å². The minimum absolute atomic E-state index is 0.871. The summed E-state index contributed by atoms with van der Waals surface area (Å²) in [5.41, 5.74) is 0. The first kappa shape index (κ1) is 11.5. The lowest BCUT2D eigenvalue weighted by molar-refractivity contribution is 0.275. The van der Waals surface area contributed by atoms with Crippen LogP contribution >= 0.6 is 15.9 Å². The minimum atomic E-state index is 0.871. The normalized spacial score (nSPS) is 26.5. The molecular weight excluding hydrogens is 226 g/mol. The zero-order chi connectivity index (χ0) is 9.68. The third-order valence-corrected chi connectivity index (χ3v) is 3.86. The van der Waals surface area contributed by atoms with Gasteiger partial charge in [-0.1, -0.05) is 36.2 Å². The van der Waals surface area contributed by atoms with Gasteiger partial charge in [-0.25, -0.2) is 0 Å². The highest BCUT2D eigenvalue weighted by Crippen LogP contribution is 2.19. The molecule has 1 nitrogen and oxygen atoms in total. The molecule has 13 heavy (non-hydrogen) atoms. The topological polar surface area (TPSA) is 3.24 Å². The monoisotopic (exact) mass is 247 g/mol. The maximum Gasteiger partial charge on any atom is 0.00718 e. The Bertz CT molecular complexity index is 136. The van der Waals surface area contributed by atoms with Gasteiger partial charge in [0.05, 0.1) is 0 Å². The average Bonchev–Trinajstić information content (AvgIpc) is 2.50. The third-order valence-electron chi connectivity index (χ3n) is 2.94. The van der Waals surface area contributed by atoms with Crippen LogP contribution in [-0.4, -0.2) is 29.9 Å².